The molecule has 4 heterocycles. The van der Waals surface area contributed by atoms with E-state index in [1.807, 2.05) is 12.1 Å². The Kier molecular flexibility index (Phi) is 25.2. The molecule has 4 aromatic carbocycles. The number of urea groups is 1. The van der Waals surface area contributed by atoms with Crippen molar-refractivity contribution in [2.24, 2.45) is 17.4 Å². The number of alkyl halides is 1. The second kappa shape index (κ2) is 34.0. The SMILES string of the molecule is CC(C)[C@H](NC(=O)OCCOCCN1C(=O)C=CC1=O)C(=O)N[C@@H](CCCNC(N)=O)C(=O)Nc1ccc(COC(=O)N(C)CCN(CCCC[C@H](N)C(=O)O)C(=O)Oc2cc3c(c4ccccc24)[C@H](CCl)CN3C(=O)c2cc3cc(NC(=O)c4ccc(O)cc4)cnc3[nH]2)cc1. The van der Waals surface area contributed by atoms with Crippen molar-refractivity contribution in [1.82, 2.24) is 40.6 Å². The van der Waals surface area contributed by atoms with E-state index in [2.05, 4.69) is 36.6 Å². The number of pyridine rings is 1. The number of likely N-dealkylation sites (N-methyl/N-ethyl adjacent to an activating group) is 1. The number of primary amides is 1. The number of carboxylic acid groups (broad SMARTS) is 1. The van der Waals surface area contributed by atoms with Gasteiger partial charge in [0.05, 0.1) is 37.3 Å². The summed E-state index contributed by atoms with van der Waals surface area (Å²) in [5.41, 5.74) is 14.3. The Balaban J connectivity index is 0.876. The molecule has 0 saturated heterocycles. The second-order valence-corrected chi connectivity index (χ2v) is 23.5. The van der Waals surface area contributed by atoms with Crippen molar-refractivity contribution in [3.8, 4) is 11.5 Å². The Morgan fingerprint density at radius 3 is 2.21 bits per heavy atom. The number of hydrogen-bond donors (Lipinski definition) is 10. The van der Waals surface area contributed by atoms with Crippen molar-refractivity contribution in [2.75, 3.05) is 87.6 Å². The van der Waals surface area contributed by atoms with Gasteiger partial charge < -0.3 is 86.9 Å². The highest BCUT2D eigenvalue weighted by molar-refractivity contribution is 6.19. The summed E-state index contributed by atoms with van der Waals surface area (Å²) in [5, 5.41) is 34.0. The summed E-state index contributed by atoms with van der Waals surface area (Å²) in [6.45, 7) is 3.05. The van der Waals surface area contributed by atoms with Gasteiger partial charge in [0.15, 0.2) is 0 Å². The van der Waals surface area contributed by atoms with Crippen molar-refractivity contribution >= 4 is 116 Å². The molecule has 30 nitrogen and oxygen atoms in total. The van der Waals surface area contributed by atoms with Crippen LogP contribution in [0.15, 0.2) is 109 Å². The molecule has 0 saturated carbocycles. The number of aromatic nitrogens is 2. The highest BCUT2D eigenvalue weighted by Gasteiger charge is 2.37. The summed E-state index contributed by atoms with van der Waals surface area (Å²) in [4.78, 5) is 155. The van der Waals surface area contributed by atoms with Crippen molar-refractivity contribution in [1.29, 1.82) is 0 Å². The lowest BCUT2D eigenvalue weighted by atomic mass is 9.95. The predicted molar refractivity (Wildman–Crippen MR) is 355 cm³/mol. The van der Waals surface area contributed by atoms with Crippen LogP contribution in [-0.4, -0.2) is 191 Å². The lowest BCUT2D eigenvalue weighted by molar-refractivity contribution is -0.139. The minimum atomic E-state index is -1.17. The summed E-state index contributed by atoms with van der Waals surface area (Å²) in [5.74, 6) is -4.85. The Hall–Kier alpha value is -10.9. The Labute approximate surface area is 561 Å². The van der Waals surface area contributed by atoms with E-state index in [0.717, 1.165) is 22.6 Å². The number of amides is 11. The molecule has 0 bridgehead atoms. The Bertz CT molecular complexity index is 3910. The van der Waals surface area contributed by atoms with Crippen LogP contribution in [0.25, 0.3) is 21.8 Å². The van der Waals surface area contributed by atoms with Gasteiger partial charge in [0, 0.05) is 91.8 Å². The largest absolute Gasteiger partial charge is 0.508 e. The zero-order valence-corrected chi connectivity index (χ0v) is 54.1. The number of benzene rings is 4. The van der Waals surface area contributed by atoms with E-state index in [1.54, 1.807) is 73.3 Å². The average Bonchev–Trinajstić information content (AvgIpc) is 1.61. The number of nitrogens with two attached hydrogens (primary N) is 2. The number of fused-ring (bicyclic) bond motifs is 4. The number of hydrogen-bond acceptors (Lipinski definition) is 18. The van der Waals surface area contributed by atoms with E-state index in [-0.39, 0.29) is 114 Å². The maximum atomic E-state index is 14.6. The molecular weight excluding hydrogens is 1280 g/mol. The molecule has 6 aromatic rings. The van der Waals surface area contributed by atoms with Crippen LogP contribution in [0, 0.1) is 5.92 Å². The molecule has 0 spiro atoms. The van der Waals surface area contributed by atoms with E-state index >= 15 is 0 Å². The molecule has 4 atom stereocenters. The number of carboxylic acids is 1. The minimum Gasteiger partial charge on any atom is -0.508 e. The summed E-state index contributed by atoms with van der Waals surface area (Å²) >= 11 is 6.61. The third-order valence-electron chi connectivity index (χ3n) is 15.9. The molecule has 0 unspecified atom stereocenters. The first-order chi connectivity index (χ1) is 46.5. The summed E-state index contributed by atoms with van der Waals surface area (Å²) in [7, 11) is 1.47. The lowest BCUT2D eigenvalue weighted by Gasteiger charge is -2.26. The number of unbranched alkanes of at least 4 members (excludes halogenated alkanes) is 1. The van der Waals surface area contributed by atoms with Crippen LogP contribution in [-0.2, 0) is 44.8 Å². The van der Waals surface area contributed by atoms with Crippen LogP contribution < -0.4 is 47.7 Å². The Morgan fingerprint density at radius 2 is 1.52 bits per heavy atom. The summed E-state index contributed by atoms with van der Waals surface area (Å²) in [6.07, 6.45) is 2.24. The number of anilines is 3. The molecule has 31 heteroatoms. The van der Waals surface area contributed by atoms with Crippen LogP contribution in [0.4, 0.5) is 36.2 Å². The van der Waals surface area contributed by atoms with Crippen molar-refractivity contribution in [3.05, 3.63) is 132 Å². The number of phenols is 1. The first-order valence-electron chi connectivity index (χ1n) is 31.1. The average molecular weight is 1360 g/mol. The third-order valence-corrected chi connectivity index (χ3v) is 16.2. The van der Waals surface area contributed by atoms with E-state index < -0.39 is 89.8 Å². The standard InChI is InChI=1S/C66H76ClN13O17/c1-38(2)56(76-64(91)95-30-29-94-28-27-79-53(82)21-22-54(79)83)60(86)75-49(12-8-23-70-63(69)90)59(85)72-43-17-13-39(14-18-43)37-96-65(92)77(3)25-26-78(24-7-6-11-48(68)62(88)89)66(93)97-52-33-51-55(47-10-5-4-9-46(47)52)42(34-67)36-80(51)61(87)50-32-41-31-44(35-71-57(41)74-50)73-58(84)40-15-19-45(81)20-16-40/h4-5,9-10,13-22,31-33,35,38,42,48-49,56,81H,6-8,11-12,23-30,34,36-37,68H2,1-3H3,(H,71,74)(H,72,85)(H,73,84)(H,75,86)(H,76,91)(H,88,89)(H3,69,70,90)/t42-,48+,49+,56+/m1/s1. The molecule has 2 aliphatic heterocycles. The molecule has 11 amide bonds. The maximum absolute atomic E-state index is 14.6. The minimum absolute atomic E-state index is 0.00263. The van der Waals surface area contributed by atoms with Gasteiger partial charge in [-0.15, -0.1) is 11.6 Å². The van der Waals surface area contributed by atoms with E-state index in [1.165, 1.54) is 47.3 Å². The molecule has 514 valence electrons. The number of nitrogens with one attached hydrogen (secondary N) is 6. The Morgan fingerprint density at radius 1 is 0.794 bits per heavy atom. The second-order valence-electron chi connectivity index (χ2n) is 23.2. The fraction of sp³-hybridized carbons (Fsp3) is 0.364. The van der Waals surface area contributed by atoms with Gasteiger partial charge in [-0.2, -0.15) is 0 Å². The normalized spacial score (nSPS) is 14.1. The molecule has 2 aliphatic rings. The monoisotopic (exact) mass is 1360 g/mol. The highest BCUT2D eigenvalue weighted by atomic mass is 35.5. The van der Waals surface area contributed by atoms with Crippen LogP contribution in [0.2, 0.25) is 0 Å². The van der Waals surface area contributed by atoms with Crippen molar-refractivity contribution in [3.63, 3.8) is 0 Å². The van der Waals surface area contributed by atoms with Gasteiger partial charge in [0.1, 0.15) is 54.2 Å². The van der Waals surface area contributed by atoms with Crippen molar-refractivity contribution in [2.45, 2.75) is 76.6 Å². The number of aromatic amines is 1. The highest BCUT2D eigenvalue weighted by Crippen LogP contribution is 2.46. The van der Waals surface area contributed by atoms with Crippen LogP contribution >= 0.6 is 11.6 Å². The van der Waals surface area contributed by atoms with Gasteiger partial charge in [0.25, 0.3) is 23.6 Å². The number of nitrogens with zero attached hydrogens (tertiary/aromatic N) is 5. The summed E-state index contributed by atoms with van der Waals surface area (Å²) in [6, 6.07) is 19.9. The predicted octanol–water partition coefficient (Wildman–Crippen LogP) is 5.87. The number of imide groups is 1. The maximum Gasteiger partial charge on any atom is 0.415 e. The number of carbonyl (C=O) groups is 11. The van der Waals surface area contributed by atoms with Gasteiger partial charge in [-0.1, -0.05) is 50.2 Å². The number of aliphatic carboxylic acids is 1. The lowest BCUT2D eigenvalue weighted by Crippen LogP contribution is -2.54. The number of carbonyl (C=O) groups excluding carboxylic acids is 10. The van der Waals surface area contributed by atoms with E-state index in [4.69, 9.17) is 42.0 Å². The fourth-order valence-corrected chi connectivity index (χ4v) is 10.9. The fourth-order valence-electron chi connectivity index (χ4n) is 10.6. The number of aromatic hydroxyl groups is 1. The smallest absolute Gasteiger partial charge is 0.415 e. The van der Waals surface area contributed by atoms with Gasteiger partial charge in [-0.25, -0.2) is 24.2 Å². The number of halogens is 1. The van der Waals surface area contributed by atoms with Crippen molar-refractivity contribution < 1.29 is 81.9 Å². The third kappa shape index (κ3) is 19.6. The van der Waals surface area contributed by atoms with Crippen LogP contribution in [0.3, 0.4) is 0 Å². The van der Waals surface area contributed by atoms with Gasteiger partial charge in [0.2, 0.25) is 11.8 Å². The van der Waals surface area contributed by atoms with E-state index in [0.29, 0.717) is 62.8 Å². The van der Waals surface area contributed by atoms with Gasteiger partial charge >= 0.3 is 30.3 Å². The van der Waals surface area contributed by atoms with Gasteiger partial charge in [-0.05, 0) is 103 Å². The zero-order chi connectivity index (χ0) is 69.9. The number of phenolic OH excluding ortho intramolecular Hbond substituents is 1. The summed E-state index contributed by atoms with van der Waals surface area (Å²) < 4.78 is 22.4. The molecule has 0 radical (unpaired) electrons. The quantitative estimate of drug-likeness (QED) is 0.0134. The van der Waals surface area contributed by atoms with Gasteiger partial charge in [-0.3, -0.25) is 38.5 Å². The van der Waals surface area contributed by atoms with Crippen LogP contribution in [0.1, 0.15) is 83.8 Å². The number of ether oxygens (including phenoxy) is 4. The molecule has 0 aliphatic carbocycles. The molecular formula is C66H76ClN13O17. The topological polar surface area (TPSA) is 419 Å². The molecule has 12 N–H and O–H groups in total. The number of H-pyrrole nitrogens is 1. The number of alkyl carbamates (subject to hydrolysis) is 1. The van der Waals surface area contributed by atoms with E-state index in [9.17, 15) is 63.0 Å². The molecule has 8 rings (SSSR count). The first kappa shape index (κ1) is 72.0. The number of rotatable bonds is 32. The molecule has 0 fully saturated rings. The molecule has 2 aromatic heterocycles. The first-order valence-corrected chi connectivity index (χ1v) is 31.7. The molecule has 97 heavy (non-hydrogen) atoms. The zero-order valence-electron chi connectivity index (χ0n) is 53.4. The van der Waals surface area contributed by atoms with Crippen LogP contribution in [0.5, 0.6) is 11.5 Å².